The molecule has 0 bridgehead atoms. The van der Waals surface area contributed by atoms with E-state index in [0.29, 0.717) is 10.7 Å². The summed E-state index contributed by atoms with van der Waals surface area (Å²) in [5.74, 6) is 0.880. The molecule has 0 aliphatic carbocycles. The third-order valence-corrected chi connectivity index (χ3v) is 3.68. The maximum atomic E-state index is 9.82. The number of aromatic nitrogens is 2. The Bertz CT molecular complexity index is 811. The summed E-state index contributed by atoms with van der Waals surface area (Å²) in [6.07, 6.45) is 0.988. The van der Waals surface area contributed by atoms with E-state index < -0.39 is 0 Å². The molecule has 0 atom stereocenters. The van der Waals surface area contributed by atoms with E-state index >= 15 is 0 Å². The Morgan fingerprint density at radius 1 is 1.24 bits per heavy atom. The van der Waals surface area contributed by atoms with Gasteiger partial charge in [0.05, 0.1) is 16.7 Å². The molecule has 0 amide bonds. The smallest absolute Gasteiger partial charge is 0.141 e. The fourth-order valence-electron chi connectivity index (χ4n) is 2.46. The van der Waals surface area contributed by atoms with E-state index in [9.17, 15) is 5.11 Å². The minimum atomic E-state index is 0.0700. The molecule has 4 nitrogen and oxygen atoms in total. The van der Waals surface area contributed by atoms with Crippen LogP contribution in [0.5, 0.6) is 5.75 Å². The SMILES string of the molecule is CCCn1c(-c2ccc(N)c(O)c2)nc2cc(Cl)ccc21. The number of hydrogen-bond donors (Lipinski definition) is 2. The summed E-state index contributed by atoms with van der Waals surface area (Å²) in [4.78, 5) is 4.66. The summed E-state index contributed by atoms with van der Waals surface area (Å²) in [6.45, 7) is 2.96. The van der Waals surface area contributed by atoms with Crippen LogP contribution in [-0.4, -0.2) is 14.7 Å². The van der Waals surface area contributed by atoms with Crippen LogP contribution in [-0.2, 0) is 6.54 Å². The summed E-state index contributed by atoms with van der Waals surface area (Å²) in [6, 6.07) is 10.9. The van der Waals surface area contributed by atoms with E-state index in [0.717, 1.165) is 35.4 Å². The van der Waals surface area contributed by atoms with Crippen LogP contribution in [0.25, 0.3) is 22.4 Å². The van der Waals surface area contributed by atoms with E-state index in [1.165, 1.54) is 0 Å². The Morgan fingerprint density at radius 3 is 2.76 bits per heavy atom. The summed E-state index contributed by atoms with van der Waals surface area (Å²) in [5, 5.41) is 10.5. The first kappa shape index (κ1) is 13.8. The standard InChI is InChI=1S/C16H16ClN3O/c1-2-7-20-14-6-4-11(17)9-13(14)19-16(20)10-3-5-12(18)15(21)8-10/h3-6,8-9,21H,2,7,18H2,1H3. The Labute approximate surface area is 127 Å². The second-order valence-electron chi connectivity index (χ2n) is 4.99. The molecule has 0 saturated heterocycles. The number of aromatic hydroxyl groups is 1. The first-order chi connectivity index (χ1) is 10.1. The van der Waals surface area contributed by atoms with Gasteiger partial charge in [0, 0.05) is 17.1 Å². The maximum Gasteiger partial charge on any atom is 0.141 e. The summed E-state index contributed by atoms with van der Waals surface area (Å²) in [5.41, 5.74) is 8.74. The number of phenolic OH excluding ortho intramolecular Hbond substituents is 1. The lowest BCUT2D eigenvalue weighted by Crippen LogP contribution is -2.00. The van der Waals surface area contributed by atoms with Crippen molar-refractivity contribution in [2.24, 2.45) is 0 Å². The largest absolute Gasteiger partial charge is 0.506 e. The third kappa shape index (κ3) is 2.43. The number of nitrogens with two attached hydrogens (primary N) is 1. The Kier molecular flexibility index (Phi) is 3.47. The third-order valence-electron chi connectivity index (χ3n) is 3.45. The predicted molar refractivity (Wildman–Crippen MR) is 86.5 cm³/mol. The van der Waals surface area contributed by atoms with E-state index in [4.69, 9.17) is 17.3 Å². The molecule has 2 aromatic carbocycles. The normalized spacial score (nSPS) is 11.1. The van der Waals surface area contributed by atoms with Gasteiger partial charge in [0.1, 0.15) is 11.6 Å². The van der Waals surface area contributed by atoms with Crippen molar-refractivity contribution in [3.63, 3.8) is 0 Å². The molecule has 1 aromatic heterocycles. The lowest BCUT2D eigenvalue weighted by molar-refractivity contribution is 0.478. The molecule has 1 heterocycles. The molecule has 0 aliphatic heterocycles. The number of hydrogen-bond acceptors (Lipinski definition) is 3. The van der Waals surface area contributed by atoms with E-state index in [2.05, 4.69) is 16.5 Å². The van der Waals surface area contributed by atoms with Crippen LogP contribution in [0, 0.1) is 0 Å². The topological polar surface area (TPSA) is 64.1 Å². The number of phenols is 1. The number of nitrogen functional groups attached to an aromatic ring is 1. The molecule has 21 heavy (non-hydrogen) atoms. The highest BCUT2D eigenvalue weighted by Gasteiger charge is 2.13. The number of halogens is 1. The van der Waals surface area contributed by atoms with Crippen molar-refractivity contribution >= 4 is 28.3 Å². The molecule has 3 aromatic rings. The molecule has 0 unspecified atom stereocenters. The van der Waals surface area contributed by atoms with Gasteiger partial charge in [0.15, 0.2) is 0 Å². The fraction of sp³-hybridized carbons (Fsp3) is 0.188. The number of benzene rings is 2. The summed E-state index contributed by atoms with van der Waals surface area (Å²) < 4.78 is 2.14. The molecule has 5 heteroatoms. The van der Waals surface area contributed by atoms with Crippen LogP contribution in [0.3, 0.4) is 0 Å². The number of anilines is 1. The van der Waals surface area contributed by atoms with Crippen molar-refractivity contribution in [2.45, 2.75) is 19.9 Å². The Hall–Kier alpha value is -2.20. The van der Waals surface area contributed by atoms with Gasteiger partial charge in [-0.25, -0.2) is 4.98 Å². The first-order valence-corrected chi connectivity index (χ1v) is 7.22. The van der Waals surface area contributed by atoms with Crippen molar-refractivity contribution in [3.05, 3.63) is 41.4 Å². The molecular formula is C16H16ClN3O. The minimum absolute atomic E-state index is 0.0700. The van der Waals surface area contributed by atoms with Gasteiger partial charge in [-0.2, -0.15) is 0 Å². The number of aryl methyl sites for hydroxylation is 1. The van der Waals surface area contributed by atoms with Crippen molar-refractivity contribution < 1.29 is 5.11 Å². The Morgan fingerprint density at radius 2 is 2.05 bits per heavy atom. The van der Waals surface area contributed by atoms with Crippen LogP contribution in [0.15, 0.2) is 36.4 Å². The Balaban J connectivity index is 2.24. The summed E-state index contributed by atoms with van der Waals surface area (Å²) in [7, 11) is 0. The minimum Gasteiger partial charge on any atom is -0.506 e. The van der Waals surface area contributed by atoms with Crippen LogP contribution in [0.4, 0.5) is 5.69 Å². The van der Waals surface area contributed by atoms with Crippen molar-refractivity contribution in [1.29, 1.82) is 0 Å². The second-order valence-corrected chi connectivity index (χ2v) is 5.43. The highest BCUT2D eigenvalue weighted by Crippen LogP contribution is 2.31. The van der Waals surface area contributed by atoms with Crippen LogP contribution >= 0.6 is 11.6 Å². The van der Waals surface area contributed by atoms with Crippen LogP contribution in [0.1, 0.15) is 13.3 Å². The zero-order valence-electron chi connectivity index (χ0n) is 11.7. The zero-order valence-corrected chi connectivity index (χ0v) is 12.4. The van der Waals surface area contributed by atoms with E-state index in [-0.39, 0.29) is 5.75 Å². The van der Waals surface area contributed by atoms with Gasteiger partial charge >= 0.3 is 0 Å². The molecule has 0 saturated carbocycles. The first-order valence-electron chi connectivity index (χ1n) is 6.85. The van der Waals surface area contributed by atoms with E-state index in [1.807, 2.05) is 24.3 Å². The summed E-state index contributed by atoms with van der Waals surface area (Å²) >= 11 is 6.04. The van der Waals surface area contributed by atoms with Gasteiger partial charge in [-0.05, 0) is 42.8 Å². The van der Waals surface area contributed by atoms with Crippen LogP contribution < -0.4 is 5.73 Å². The van der Waals surface area contributed by atoms with Gasteiger partial charge in [-0.3, -0.25) is 0 Å². The van der Waals surface area contributed by atoms with Gasteiger partial charge in [-0.15, -0.1) is 0 Å². The van der Waals surface area contributed by atoms with E-state index in [1.54, 1.807) is 12.1 Å². The number of imidazole rings is 1. The van der Waals surface area contributed by atoms with Crippen molar-refractivity contribution in [1.82, 2.24) is 9.55 Å². The number of nitrogens with zero attached hydrogens (tertiary/aromatic N) is 2. The molecule has 108 valence electrons. The van der Waals surface area contributed by atoms with Gasteiger partial charge in [0.2, 0.25) is 0 Å². The number of rotatable bonds is 3. The van der Waals surface area contributed by atoms with Crippen molar-refractivity contribution in [3.8, 4) is 17.1 Å². The zero-order chi connectivity index (χ0) is 15.0. The van der Waals surface area contributed by atoms with Gasteiger partial charge in [-0.1, -0.05) is 18.5 Å². The van der Waals surface area contributed by atoms with Crippen LogP contribution in [0.2, 0.25) is 5.02 Å². The maximum absolute atomic E-state index is 9.82. The molecule has 0 fully saturated rings. The number of fused-ring (bicyclic) bond motifs is 1. The molecule has 0 radical (unpaired) electrons. The highest BCUT2D eigenvalue weighted by molar-refractivity contribution is 6.31. The average Bonchev–Trinajstić information content (AvgIpc) is 2.80. The molecule has 3 rings (SSSR count). The van der Waals surface area contributed by atoms with Gasteiger partial charge in [0.25, 0.3) is 0 Å². The molecular weight excluding hydrogens is 286 g/mol. The molecule has 0 aliphatic rings. The van der Waals surface area contributed by atoms with Gasteiger partial charge < -0.3 is 15.4 Å². The molecule has 3 N–H and O–H groups in total. The predicted octanol–water partition coefficient (Wildman–Crippen LogP) is 4.05. The lowest BCUT2D eigenvalue weighted by atomic mass is 10.2. The second kappa shape index (κ2) is 5.30. The van der Waals surface area contributed by atoms with Crippen molar-refractivity contribution in [2.75, 3.05) is 5.73 Å². The molecule has 0 spiro atoms. The lowest BCUT2D eigenvalue weighted by Gasteiger charge is -2.09. The average molecular weight is 302 g/mol. The highest BCUT2D eigenvalue weighted by atomic mass is 35.5. The fourth-order valence-corrected chi connectivity index (χ4v) is 2.62. The monoisotopic (exact) mass is 301 g/mol. The quantitative estimate of drug-likeness (QED) is 0.566.